The number of pyridine rings is 1. The number of rotatable bonds is 3. The second-order valence-corrected chi connectivity index (χ2v) is 5.08. The number of ether oxygens (including phenoxy) is 2. The third kappa shape index (κ3) is 2.67. The molecule has 0 saturated carbocycles. The van der Waals surface area contributed by atoms with Crippen molar-refractivity contribution in [1.29, 1.82) is 0 Å². The second-order valence-electron chi connectivity index (χ2n) is 5.08. The number of anilines is 2. The first-order valence-corrected chi connectivity index (χ1v) is 7.15. The summed E-state index contributed by atoms with van der Waals surface area (Å²) in [6, 6.07) is 1.85. The average Bonchev–Trinajstić information content (AvgIpc) is 2.55. The molecular formula is C15H19N5O2. The zero-order valence-electron chi connectivity index (χ0n) is 12.7. The summed E-state index contributed by atoms with van der Waals surface area (Å²) in [5.41, 5.74) is 9.21. The second kappa shape index (κ2) is 6.15. The van der Waals surface area contributed by atoms with Gasteiger partial charge in [0.1, 0.15) is 12.1 Å². The highest BCUT2D eigenvalue weighted by atomic mass is 16.5. The number of nitrogens with zero attached hydrogens (tertiary/aromatic N) is 4. The highest BCUT2D eigenvalue weighted by molar-refractivity contribution is 5.79. The molecule has 0 bridgehead atoms. The Morgan fingerprint density at radius 1 is 1.23 bits per heavy atom. The lowest BCUT2D eigenvalue weighted by molar-refractivity contribution is 0.122. The minimum absolute atomic E-state index is 0.422. The van der Waals surface area contributed by atoms with Crippen LogP contribution in [-0.4, -0.2) is 48.4 Å². The molecule has 3 rings (SSSR count). The van der Waals surface area contributed by atoms with E-state index in [4.69, 9.17) is 15.2 Å². The highest BCUT2D eigenvalue weighted by Gasteiger charge is 2.20. The molecule has 116 valence electrons. The number of hydrogen-bond donors (Lipinski definition) is 1. The zero-order chi connectivity index (χ0) is 15.5. The maximum Gasteiger partial charge on any atom is 0.236 e. The van der Waals surface area contributed by atoms with Crippen molar-refractivity contribution >= 4 is 11.5 Å². The molecule has 2 aromatic rings. The molecule has 0 unspecified atom stereocenters. The molecule has 3 heterocycles. The van der Waals surface area contributed by atoms with Gasteiger partial charge in [-0.15, -0.1) is 0 Å². The van der Waals surface area contributed by atoms with E-state index in [1.165, 1.54) is 0 Å². The van der Waals surface area contributed by atoms with Gasteiger partial charge in [-0.05, 0) is 13.0 Å². The average molecular weight is 301 g/mol. The van der Waals surface area contributed by atoms with Gasteiger partial charge in [0, 0.05) is 30.4 Å². The fourth-order valence-electron chi connectivity index (χ4n) is 2.59. The third-order valence-corrected chi connectivity index (χ3v) is 3.69. The van der Waals surface area contributed by atoms with E-state index in [2.05, 4.69) is 19.9 Å². The number of nitrogen functional groups attached to an aromatic ring is 1. The Morgan fingerprint density at radius 3 is 2.68 bits per heavy atom. The molecular weight excluding hydrogens is 282 g/mol. The van der Waals surface area contributed by atoms with Gasteiger partial charge in [-0.2, -0.15) is 0 Å². The number of morpholine rings is 1. The van der Waals surface area contributed by atoms with Crippen LogP contribution in [0.5, 0.6) is 5.88 Å². The van der Waals surface area contributed by atoms with Gasteiger partial charge in [-0.3, -0.25) is 0 Å². The SMILES string of the molecule is COc1ncc(-c2c(C)ncnc2N2CCOCC2)cc1N. The van der Waals surface area contributed by atoms with Crippen LogP contribution >= 0.6 is 0 Å². The van der Waals surface area contributed by atoms with Gasteiger partial charge in [-0.25, -0.2) is 15.0 Å². The number of hydrogen-bond acceptors (Lipinski definition) is 7. The molecule has 22 heavy (non-hydrogen) atoms. The van der Waals surface area contributed by atoms with Gasteiger partial charge in [0.15, 0.2) is 0 Å². The van der Waals surface area contributed by atoms with Crippen molar-refractivity contribution in [3.63, 3.8) is 0 Å². The van der Waals surface area contributed by atoms with Crippen LogP contribution < -0.4 is 15.4 Å². The lowest BCUT2D eigenvalue weighted by Gasteiger charge is -2.29. The smallest absolute Gasteiger partial charge is 0.236 e. The largest absolute Gasteiger partial charge is 0.480 e. The van der Waals surface area contributed by atoms with Gasteiger partial charge < -0.3 is 20.1 Å². The Labute approximate surface area is 129 Å². The summed E-state index contributed by atoms with van der Waals surface area (Å²) in [7, 11) is 1.55. The number of aryl methyl sites for hydroxylation is 1. The maximum absolute atomic E-state index is 5.99. The Morgan fingerprint density at radius 2 is 2.00 bits per heavy atom. The molecule has 1 aliphatic heterocycles. The van der Waals surface area contributed by atoms with Gasteiger partial charge in [0.25, 0.3) is 0 Å². The quantitative estimate of drug-likeness (QED) is 0.913. The van der Waals surface area contributed by atoms with E-state index in [-0.39, 0.29) is 0 Å². The molecule has 0 spiro atoms. The van der Waals surface area contributed by atoms with Gasteiger partial charge >= 0.3 is 0 Å². The molecule has 0 aromatic carbocycles. The molecule has 0 amide bonds. The van der Waals surface area contributed by atoms with Crippen molar-refractivity contribution in [2.24, 2.45) is 0 Å². The van der Waals surface area contributed by atoms with Crippen LogP contribution in [0.4, 0.5) is 11.5 Å². The van der Waals surface area contributed by atoms with E-state index in [0.717, 1.165) is 35.7 Å². The van der Waals surface area contributed by atoms with Gasteiger partial charge in [0.2, 0.25) is 5.88 Å². The third-order valence-electron chi connectivity index (χ3n) is 3.69. The van der Waals surface area contributed by atoms with Gasteiger partial charge in [-0.1, -0.05) is 0 Å². The molecule has 0 aliphatic carbocycles. The number of aromatic nitrogens is 3. The molecule has 2 N–H and O–H groups in total. The molecule has 0 atom stereocenters. The molecule has 1 fully saturated rings. The monoisotopic (exact) mass is 301 g/mol. The highest BCUT2D eigenvalue weighted by Crippen LogP contribution is 2.33. The van der Waals surface area contributed by atoms with E-state index in [1.807, 2.05) is 13.0 Å². The van der Waals surface area contributed by atoms with Gasteiger partial charge in [0.05, 0.1) is 31.7 Å². The van der Waals surface area contributed by atoms with E-state index in [1.54, 1.807) is 19.6 Å². The number of nitrogens with two attached hydrogens (primary N) is 1. The number of methoxy groups -OCH3 is 1. The standard InChI is InChI=1S/C15H19N5O2/c1-10-13(11-7-12(16)15(21-2)17-8-11)14(19-9-18-10)20-3-5-22-6-4-20/h7-9H,3-6,16H2,1-2H3. The van der Waals surface area contributed by atoms with Crippen LogP contribution in [0.2, 0.25) is 0 Å². The topological polar surface area (TPSA) is 86.4 Å². The van der Waals surface area contributed by atoms with E-state index in [9.17, 15) is 0 Å². The lowest BCUT2D eigenvalue weighted by atomic mass is 10.1. The maximum atomic E-state index is 5.99. The first-order chi connectivity index (χ1) is 10.7. The minimum Gasteiger partial charge on any atom is -0.480 e. The summed E-state index contributed by atoms with van der Waals surface area (Å²) < 4.78 is 10.5. The molecule has 1 saturated heterocycles. The van der Waals surface area contributed by atoms with Crippen LogP contribution in [-0.2, 0) is 4.74 Å². The van der Waals surface area contributed by atoms with Crippen molar-refractivity contribution in [2.45, 2.75) is 6.92 Å². The summed E-state index contributed by atoms with van der Waals surface area (Å²) >= 11 is 0. The van der Waals surface area contributed by atoms with Crippen molar-refractivity contribution in [2.75, 3.05) is 44.0 Å². The van der Waals surface area contributed by atoms with Crippen molar-refractivity contribution in [1.82, 2.24) is 15.0 Å². The fraction of sp³-hybridized carbons (Fsp3) is 0.400. The van der Waals surface area contributed by atoms with Crippen molar-refractivity contribution in [3.05, 3.63) is 24.3 Å². The Bertz CT molecular complexity index is 671. The predicted octanol–water partition coefficient (Wildman–Crippen LogP) is 1.27. The first kappa shape index (κ1) is 14.5. The van der Waals surface area contributed by atoms with E-state index >= 15 is 0 Å². The van der Waals surface area contributed by atoms with E-state index < -0.39 is 0 Å². The molecule has 1 aliphatic rings. The van der Waals surface area contributed by atoms with Crippen LogP contribution in [0.3, 0.4) is 0 Å². The van der Waals surface area contributed by atoms with Crippen LogP contribution in [0, 0.1) is 6.92 Å². The summed E-state index contributed by atoms with van der Waals surface area (Å²) in [6.45, 7) is 4.98. The zero-order valence-corrected chi connectivity index (χ0v) is 12.7. The molecule has 0 radical (unpaired) electrons. The Hall–Kier alpha value is -2.41. The van der Waals surface area contributed by atoms with E-state index in [0.29, 0.717) is 24.8 Å². The first-order valence-electron chi connectivity index (χ1n) is 7.15. The Kier molecular flexibility index (Phi) is 4.06. The Balaban J connectivity index is 2.07. The predicted molar refractivity (Wildman–Crippen MR) is 84.0 cm³/mol. The van der Waals surface area contributed by atoms with Crippen LogP contribution in [0.15, 0.2) is 18.6 Å². The van der Waals surface area contributed by atoms with Crippen molar-refractivity contribution in [3.8, 4) is 17.0 Å². The molecule has 2 aromatic heterocycles. The minimum atomic E-state index is 0.422. The summed E-state index contributed by atoms with van der Waals surface area (Å²) in [5.74, 6) is 1.31. The molecule has 7 heteroatoms. The lowest BCUT2D eigenvalue weighted by Crippen LogP contribution is -2.37. The van der Waals surface area contributed by atoms with Crippen LogP contribution in [0.1, 0.15) is 5.69 Å². The summed E-state index contributed by atoms with van der Waals surface area (Å²) in [5, 5.41) is 0. The fourth-order valence-corrected chi connectivity index (χ4v) is 2.59. The normalized spacial score (nSPS) is 14.9. The molecule has 7 nitrogen and oxygen atoms in total. The van der Waals surface area contributed by atoms with Crippen LogP contribution in [0.25, 0.3) is 11.1 Å². The summed E-state index contributed by atoms with van der Waals surface area (Å²) in [4.78, 5) is 15.2. The summed E-state index contributed by atoms with van der Waals surface area (Å²) in [6.07, 6.45) is 3.33. The van der Waals surface area contributed by atoms with Crippen molar-refractivity contribution < 1.29 is 9.47 Å².